The average Bonchev–Trinajstić information content (AvgIpc) is 3.02. The smallest absolute Gasteiger partial charge is 0.266 e. The number of hydrogen-bond donors (Lipinski definition) is 1. The summed E-state index contributed by atoms with van der Waals surface area (Å²) in [7, 11) is 1.62. The van der Waals surface area contributed by atoms with Crippen LogP contribution < -0.4 is 10.1 Å². The third-order valence-electron chi connectivity index (χ3n) is 4.36. The van der Waals surface area contributed by atoms with Gasteiger partial charge in [0.1, 0.15) is 10.1 Å². The maximum Gasteiger partial charge on any atom is 0.266 e. The molecular weight excluding hydrogens is 491 g/mol. The van der Waals surface area contributed by atoms with Crippen LogP contribution in [0.4, 0.5) is 5.69 Å². The van der Waals surface area contributed by atoms with Crippen molar-refractivity contribution in [3.63, 3.8) is 0 Å². The zero-order chi connectivity index (χ0) is 23.1. The molecule has 1 aliphatic heterocycles. The highest BCUT2D eigenvalue weighted by atomic mass is 35.5. The molecule has 1 N–H and O–H groups in total. The van der Waals surface area contributed by atoms with E-state index in [1.165, 1.54) is 11.8 Å². The molecule has 0 atom stereocenters. The Labute approximate surface area is 205 Å². The lowest BCUT2D eigenvalue weighted by atomic mass is 10.2. The number of thioether (sulfide) groups is 1. The number of anilines is 1. The Morgan fingerprint density at radius 1 is 1.22 bits per heavy atom. The van der Waals surface area contributed by atoms with Crippen LogP contribution in [0.1, 0.15) is 12.0 Å². The van der Waals surface area contributed by atoms with Gasteiger partial charge in [-0.3, -0.25) is 14.5 Å². The largest absolute Gasteiger partial charge is 0.482 e. The van der Waals surface area contributed by atoms with Crippen molar-refractivity contribution in [3.05, 3.63) is 63.0 Å². The minimum atomic E-state index is -0.365. The number of nitrogens with zero attached hydrogens (tertiary/aromatic N) is 1. The van der Waals surface area contributed by atoms with Gasteiger partial charge in [0.15, 0.2) is 6.61 Å². The van der Waals surface area contributed by atoms with E-state index in [1.54, 1.807) is 60.6 Å². The van der Waals surface area contributed by atoms with Gasteiger partial charge in [-0.15, -0.1) is 0 Å². The molecule has 6 nitrogen and oxygen atoms in total. The van der Waals surface area contributed by atoms with Crippen molar-refractivity contribution in [1.82, 2.24) is 4.90 Å². The highest BCUT2D eigenvalue weighted by Gasteiger charge is 2.31. The van der Waals surface area contributed by atoms with Gasteiger partial charge in [0.25, 0.3) is 11.8 Å². The molecule has 1 fully saturated rings. The van der Waals surface area contributed by atoms with Gasteiger partial charge >= 0.3 is 0 Å². The summed E-state index contributed by atoms with van der Waals surface area (Å²) in [5.74, 6) is -0.149. The Kier molecular flexibility index (Phi) is 8.95. The second kappa shape index (κ2) is 11.7. The fourth-order valence-electron chi connectivity index (χ4n) is 2.83. The molecule has 0 saturated carbocycles. The van der Waals surface area contributed by atoms with Gasteiger partial charge < -0.3 is 14.8 Å². The van der Waals surface area contributed by atoms with Gasteiger partial charge in [-0.1, -0.05) is 65.4 Å². The van der Waals surface area contributed by atoms with E-state index in [0.29, 0.717) is 50.3 Å². The normalized spacial score (nSPS) is 14.8. The highest BCUT2D eigenvalue weighted by molar-refractivity contribution is 8.26. The standard InChI is InChI=1S/C22H20Cl2N2O4S2/c1-29-10-4-9-26-21(28)19(32-22(26)31)12-14-7-8-18(16(24)11-14)30-13-20(27)25-17-6-3-2-5-15(17)23/h2-3,5-8,11-12H,4,9-10,13H2,1H3,(H,25,27)/b19-12-. The number of ether oxygens (including phenoxy) is 2. The Bertz CT molecular complexity index is 1060. The van der Waals surface area contributed by atoms with E-state index >= 15 is 0 Å². The van der Waals surface area contributed by atoms with Crippen LogP contribution in [0.3, 0.4) is 0 Å². The Morgan fingerprint density at radius 2 is 2.00 bits per heavy atom. The quantitative estimate of drug-likeness (QED) is 0.282. The molecule has 0 aromatic heterocycles. The molecule has 2 aromatic carbocycles. The van der Waals surface area contributed by atoms with Gasteiger partial charge in [-0.05, 0) is 42.3 Å². The van der Waals surface area contributed by atoms with Gasteiger partial charge in [0, 0.05) is 20.3 Å². The van der Waals surface area contributed by atoms with Crippen molar-refractivity contribution in [1.29, 1.82) is 0 Å². The lowest BCUT2D eigenvalue weighted by Crippen LogP contribution is -2.29. The van der Waals surface area contributed by atoms with E-state index in [2.05, 4.69) is 5.32 Å². The van der Waals surface area contributed by atoms with Crippen molar-refractivity contribution in [2.75, 3.05) is 32.2 Å². The van der Waals surface area contributed by atoms with Crippen molar-refractivity contribution < 1.29 is 19.1 Å². The summed E-state index contributed by atoms with van der Waals surface area (Å²) in [5, 5.41) is 3.43. The number of carbonyl (C=O) groups is 2. The van der Waals surface area contributed by atoms with Crippen LogP contribution in [0.15, 0.2) is 47.4 Å². The minimum absolute atomic E-state index is 0.135. The van der Waals surface area contributed by atoms with E-state index < -0.39 is 0 Å². The summed E-state index contributed by atoms with van der Waals surface area (Å²) >= 11 is 18.9. The first-order valence-corrected chi connectivity index (χ1v) is 11.6. The second-order valence-electron chi connectivity index (χ2n) is 6.69. The lowest BCUT2D eigenvalue weighted by molar-refractivity contribution is -0.122. The Morgan fingerprint density at radius 3 is 2.72 bits per heavy atom. The SMILES string of the molecule is COCCCN1C(=O)/C(=C/c2ccc(OCC(=O)Nc3ccccc3Cl)c(Cl)c2)SC1=S. The predicted molar refractivity (Wildman–Crippen MR) is 133 cm³/mol. The third-order valence-corrected chi connectivity index (χ3v) is 6.37. The van der Waals surface area contributed by atoms with Crippen LogP contribution in [0.25, 0.3) is 6.08 Å². The molecule has 2 amide bonds. The van der Waals surface area contributed by atoms with Crippen LogP contribution in [-0.4, -0.2) is 47.9 Å². The lowest BCUT2D eigenvalue weighted by Gasteiger charge is -2.13. The van der Waals surface area contributed by atoms with E-state index in [9.17, 15) is 9.59 Å². The molecule has 0 radical (unpaired) electrons. The first kappa shape index (κ1) is 24.5. The van der Waals surface area contributed by atoms with Crippen LogP contribution in [0, 0.1) is 0 Å². The van der Waals surface area contributed by atoms with E-state index in [-0.39, 0.29) is 18.4 Å². The van der Waals surface area contributed by atoms with Crippen LogP contribution in [0.5, 0.6) is 5.75 Å². The van der Waals surface area contributed by atoms with E-state index in [4.69, 9.17) is 44.9 Å². The maximum absolute atomic E-state index is 12.6. The fourth-order valence-corrected chi connectivity index (χ4v) is 4.56. The van der Waals surface area contributed by atoms with Crippen LogP contribution in [-0.2, 0) is 14.3 Å². The van der Waals surface area contributed by atoms with Crippen molar-refractivity contribution in [3.8, 4) is 5.75 Å². The third kappa shape index (κ3) is 6.46. The molecule has 0 unspecified atom stereocenters. The topological polar surface area (TPSA) is 67.9 Å². The van der Waals surface area contributed by atoms with Gasteiger partial charge in [0.05, 0.1) is 20.6 Å². The van der Waals surface area contributed by atoms with Crippen molar-refractivity contribution in [2.24, 2.45) is 0 Å². The summed E-state index contributed by atoms with van der Waals surface area (Å²) < 4.78 is 11.1. The number of nitrogens with one attached hydrogen (secondary N) is 1. The number of para-hydroxylation sites is 1. The summed E-state index contributed by atoms with van der Waals surface area (Å²) in [6, 6.07) is 12.0. The van der Waals surface area contributed by atoms with E-state index in [0.717, 1.165) is 5.56 Å². The molecule has 1 heterocycles. The van der Waals surface area contributed by atoms with Crippen molar-refractivity contribution in [2.45, 2.75) is 6.42 Å². The number of carbonyl (C=O) groups excluding carboxylic acids is 2. The number of amides is 2. The molecule has 1 saturated heterocycles. The molecule has 1 aliphatic rings. The second-order valence-corrected chi connectivity index (χ2v) is 9.18. The van der Waals surface area contributed by atoms with Gasteiger partial charge in [-0.25, -0.2) is 0 Å². The molecule has 0 spiro atoms. The summed E-state index contributed by atoms with van der Waals surface area (Å²) in [5.41, 5.74) is 1.23. The summed E-state index contributed by atoms with van der Waals surface area (Å²) in [6.07, 6.45) is 2.44. The number of benzene rings is 2. The average molecular weight is 511 g/mol. The first-order chi connectivity index (χ1) is 15.4. The predicted octanol–water partition coefficient (Wildman–Crippen LogP) is 5.25. The van der Waals surface area contributed by atoms with E-state index in [1.807, 2.05) is 0 Å². The van der Waals surface area contributed by atoms with Gasteiger partial charge in [0.2, 0.25) is 0 Å². The number of methoxy groups -OCH3 is 1. The minimum Gasteiger partial charge on any atom is -0.482 e. The molecule has 0 bridgehead atoms. The van der Waals surface area contributed by atoms with Crippen LogP contribution >= 0.6 is 47.2 Å². The van der Waals surface area contributed by atoms with Crippen molar-refractivity contribution >= 4 is 75.1 Å². The molecule has 32 heavy (non-hydrogen) atoms. The monoisotopic (exact) mass is 510 g/mol. The molecule has 3 rings (SSSR count). The first-order valence-electron chi connectivity index (χ1n) is 9.60. The number of halogens is 2. The maximum atomic E-state index is 12.6. The van der Waals surface area contributed by atoms with Gasteiger partial charge in [-0.2, -0.15) is 0 Å². The molecule has 168 valence electrons. The fraction of sp³-hybridized carbons (Fsp3) is 0.227. The summed E-state index contributed by atoms with van der Waals surface area (Å²) in [4.78, 5) is 26.8. The Balaban J connectivity index is 1.60. The summed E-state index contributed by atoms with van der Waals surface area (Å²) in [6.45, 7) is 0.841. The number of hydrogen-bond acceptors (Lipinski definition) is 6. The molecule has 10 heteroatoms. The number of thiocarbonyl (C=S) groups is 1. The molecular formula is C22H20Cl2N2O4S2. The zero-order valence-electron chi connectivity index (χ0n) is 17.1. The zero-order valence-corrected chi connectivity index (χ0v) is 20.2. The Hall–Kier alpha value is -2.10. The molecule has 2 aromatic rings. The molecule has 0 aliphatic carbocycles. The number of rotatable bonds is 9. The van der Waals surface area contributed by atoms with Crippen LogP contribution in [0.2, 0.25) is 10.0 Å². The highest BCUT2D eigenvalue weighted by Crippen LogP contribution is 2.34.